The molecule has 1 amide bonds. The number of dihydropyridines is 1. The number of nitrogens with one attached hydrogen (secondary N) is 1. The van der Waals surface area contributed by atoms with Gasteiger partial charge in [0.25, 0.3) is 0 Å². The SMILES string of the molecule is CN1CCN(CC(=O)N(C2=CC=CCN2)C2C=CC=CC2)CC1. The number of nitrogens with zero attached hydrogens (tertiary/aromatic N) is 3. The summed E-state index contributed by atoms with van der Waals surface area (Å²) in [6, 6.07) is 0.102. The van der Waals surface area contributed by atoms with Gasteiger partial charge in [0.1, 0.15) is 5.82 Å². The Kier molecular flexibility index (Phi) is 5.31. The van der Waals surface area contributed by atoms with Crippen LogP contribution in [0.4, 0.5) is 0 Å². The van der Waals surface area contributed by atoms with Gasteiger partial charge in [-0.15, -0.1) is 0 Å². The molecule has 0 spiro atoms. The quantitative estimate of drug-likeness (QED) is 0.838. The van der Waals surface area contributed by atoms with Crippen molar-refractivity contribution in [1.82, 2.24) is 20.0 Å². The van der Waals surface area contributed by atoms with E-state index in [4.69, 9.17) is 0 Å². The number of hydrogen-bond donors (Lipinski definition) is 1. The minimum absolute atomic E-state index is 0.102. The molecule has 0 radical (unpaired) electrons. The zero-order valence-electron chi connectivity index (χ0n) is 13.8. The highest BCUT2D eigenvalue weighted by Gasteiger charge is 2.27. The molecule has 1 N–H and O–H groups in total. The third-order valence-corrected chi connectivity index (χ3v) is 4.56. The highest BCUT2D eigenvalue weighted by atomic mass is 16.2. The van der Waals surface area contributed by atoms with Crippen molar-refractivity contribution in [3.05, 3.63) is 48.4 Å². The Balaban J connectivity index is 1.70. The van der Waals surface area contributed by atoms with Crippen LogP contribution in [0.3, 0.4) is 0 Å². The number of likely N-dealkylation sites (N-methyl/N-ethyl adjacent to an activating group) is 1. The predicted molar refractivity (Wildman–Crippen MR) is 92.7 cm³/mol. The molecule has 3 rings (SSSR count). The van der Waals surface area contributed by atoms with E-state index in [0.29, 0.717) is 6.54 Å². The Morgan fingerprint density at radius 2 is 2.04 bits per heavy atom. The van der Waals surface area contributed by atoms with Gasteiger partial charge in [0.15, 0.2) is 0 Å². The summed E-state index contributed by atoms with van der Waals surface area (Å²) < 4.78 is 0. The molecule has 5 heteroatoms. The second kappa shape index (κ2) is 7.62. The average molecular weight is 314 g/mol. The summed E-state index contributed by atoms with van der Waals surface area (Å²) >= 11 is 0. The Morgan fingerprint density at radius 3 is 2.70 bits per heavy atom. The molecular formula is C18H26N4O. The van der Waals surface area contributed by atoms with Gasteiger partial charge in [0.05, 0.1) is 12.6 Å². The van der Waals surface area contributed by atoms with Gasteiger partial charge in [-0.25, -0.2) is 0 Å². The summed E-state index contributed by atoms with van der Waals surface area (Å²) in [4.78, 5) is 19.5. The maximum absolute atomic E-state index is 13.0. The van der Waals surface area contributed by atoms with E-state index < -0.39 is 0 Å². The fourth-order valence-corrected chi connectivity index (χ4v) is 3.15. The maximum Gasteiger partial charge on any atom is 0.242 e. The number of allylic oxidation sites excluding steroid dienone is 4. The monoisotopic (exact) mass is 314 g/mol. The van der Waals surface area contributed by atoms with Crippen molar-refractivity contribution in [3.63, 3.8) is 0 Å². The van der Waals surface area contributed by atoms with Crippen LogP contribution < -0.4 is 5.32 Å². The first-order valence-corrected chi connectivity index (χ1v) is 8.41. The first-order valence-electron chi connectivity index (χ1n) is 8.41. The summed E-state index contributed by atoms with van der Waals surface area (Å²) in [5, 5.41) is 3.34. The number of amides is 1. The standard InChI is InChI=1S/C18H26N4O/c1-20-11-13-21(14-12-20)15-18(23)22(16-7-3-2-4-8-16)17-9-5-6-10-19-17/h2-7,9,16,19H,8,10-15H2,1H3. The van der Waals surface area contributed by atoms with Gasteiger partial charge >= 0.3 is 0 Å². The molecule has 3 aliphatic rings. The summed E-state index contributed by atoms with van der Waals surface area (Å²) in [6.07, 6.45) is 15.3. The van der Waals surface area contributed by atoms with Crippen molar-refractivity contribution in [2.45, 2.75) is 12.5 Å². The number of hydrogen-bond acceptors (Lipinski definition) is 4. The van der Waals surface area contributed by atoms with Crippen LogP contribution in [0.25, 0.3) is 0 Å². The smallest absolute Gasteiger partial charge is 0.242 e. The van der Waals surface area contributed by atoms with Gasteiger partial charge < -0.3 is 10.2 Å². The van der Waals surface area contributed by atoms with Crippen molar-refractivity contribution < 1.29 is 4.79 Å². The summed E-state index contributed by atoms with van der Waals surface area (Å²) in [6.45, 7) is 5.25. The van der Waals surface area contributed by atoms with Crippen molar-refractivity contribution in [2.75, 3.05) is 46.3 Å². The molecule has 1 fully saturated rings. The van der Waals surface area contributed by atoms with Crippen molar-refractivity contribution in [3.8, 4) is 0 Å². The van der Waals surface area contributed by atoms with Gasteiger partial charge in [0, 0.05) is 32.7 Å². The van der Waals surface area contributed by atoms with Crippen LogP contribution in [0.5, 0.6) is 0 Å². The van der Waals surface area contributed by atoms with Crippen LogP contribution in [-0.4, -0.2) is 73.0 Å². The van der Waals surface area contributed by atoms with E-state index in [9.17, 15) is 4.79 Å². The number of piperazine rings is 1. The van der Waals surface area contributed by atoms with E-state index in [-0.39, 0.29) is 11.9 Å². The van der Waals surface area contributed by atoms with Crippen molar-refractivity contribution in [1.29, 1.82) is 0 Å². The highest BCUT2D eigenvalue weighted by Crippen LogP contribution is 2.18. The van der Waals surface area contributed by atoms with E-state index in [1.54, 1.807) is 0 Å². The number of rotatable bonds is 4. The molecule has 0 aromatic heterocycles. The predicted octanol–water partition coefficient (Wildman–Crippen LogP) is 0.948. The van der Waals surface area contributed by atoms with E-state index in [0.717, 1.165) is 45.0 Å². The molecule has 0 bridgehead atoms. The Morgan fingerprint density at radius 1 is 1.22 bits per heavy atom. The Bertz CT molecular complexity index is 541. The van der Waals surface area contributed by atoms with Gasteiger partial charge in [0.2, 0.25) is 5.91 Å². The lowest BCUT2D eigenvalue weighted by Gasteiger charge is -2.37. The normalized spacial score (nSPS) is 25.1. The first kappa shape index (κ1) is 16.0. The van der Waals surface area contributed by atoms with E-state index in [1.807, 2.05) is 29.2 Å². The summed E-state index contributed by atoms with van der Waals surface area (Å²) in [5.41, 5.74) is 0. The lowest BCUT2D eigenvalue weighted by molar-refractivity contribution is -0.132. The molecule has 5 nitrogen and oxygen atoms in total. The van der Waals surface area contributed by atoms with Crippen molar-refractivity contribution >= 4 is 5.91 Å². The Labute approximate surface area is 138 Å². The average Bonchev–Trinajstić information content (AvgIpc) is 2.59. The van der Waals surface area contributed by atoms with Crippen LogP contribution in [0, 0.1) is 0 Å². The lowest BCUT2D eigenvalue weighted by atomic mass is 10.1. The maximum atomic E-state index is 13.0. The molecule has 1 saturated heterocycles. The van der Waals surface area contributed by atoms with Gasteiger partial charge in [-0.05, 0) is 19.5 Å². The van der Waals surface area contributed by atoms with E-state index in [2.05, 4.69) is 40.4 Å². The van der Waals surface area contributed by atoms with Crippen LogP contribution in [0.15, 0.2) is 48.4 Å². The van der Waals surface area contributed by atoms with E-state index >= 15 is 0 Å². The molecule has 2 heterocycles. The minimum atomic E-state index is 0.102. The van der Waals surface area contributed by atoms with Gasteiger partial charge in [-0.2, -0.15) is 0 Å². The van der Waals surface area contributed by atoms with Gasteiger partial charge in [-0.3, -0.25) is 14.6 Å². The Hall–Kier alpha value is -1.85. The van der Waals surface area contributed by atoms with Gasteiger partial charge in [-0.1, -0.05) is 36.5 Å². The zero-order chi connectivity index (χ0) is 16.1. The fraction of sp³-hybridized carbons (Fsp3) is 0.500. The third kappa shape index (κ3) is 4.12. The second-order valence-electron chi connectivity index (χ2n) is 6.32. The topological polar surface area (TPSA) is 38.8 Å². The molecule has 23 heavy (non-hydrogen) atoms. The van der Waals surface area contributed by atoms with Crippen LogP contribution >= 0.6 is 0 Å². The largest absolute Gasteiger partial charge is 0.368 e. The van der Waals surface area contributed by atoms with Crippen LogP contribution in [0.1, 0.15) is 6.42 Å². The fourth-order valence-electron chi connectivity index (χ4n) is 3.15. The molecule has 1 atom stereocenters. The van der Waals surface area contributed by atoms with Crippen molar-refractivity contribution in [2.24, 2.45) is 0 Å². The molecule has 124 valence electrons. The molecule has 1 aliphatic carbocycles. The molecule has 0 aromatic carbocycles. The first-order chi connectivity index (χ1) is 11.2. The lowest BCUT2D eigenvalue weighted by Crippen LogP contribution is -2.51. The molecule has 2 aliphatic heterocycles. The number of carbonyl (C=O) groups is 1. The number of carbonyl (C=O) groups excluding carboxylic acids is 1. The zero-order valence-corrected chi connectivity index (χ0v) is 13.8. The van der Waals surface area contributed by atoms with Crippen LogP contribution in [-0.2, 0) is 4.79 Å². The highest BCUT2D eigenvalue weighted by molar-refractivity contribution is 5.81. The molecule has 0 aromatic rings. The molecule has 0 saturated carbocycles. The summed E-state index contributed by atoms with van der Waals surface area (Å²) in [7, 11) is 2.13. The second-order valence-corrected chi connectivity index (χ2v) is 6.32. The van der Waals surface area contributed by atoms with Crippen LogP contribution in [0.2, 0.25) is 0 Å². The molecular weight excluding hydrogens is 288 g/mol. The summed E-state index contributed by atoms with van der Waals surface area (Å²) in [5.74, 6) is 1.09. The molecule has 1 unspecified atom stereocenters. The third-order valence-electron chi connectivity index (χ3n) is 4.56. The minimum Gasteiger partial charge on any atom is -0.368 e. The van der Waals surface area contributed by atoms with E-state index in [1.165, 1.54) is 0 Å².